The Hall–Kier alpha value is -1.52. The number of carbonyl (C=O) groups excluding carboxylic acids is 1. The fourth-order valence-corrected chi connectivity index (χ4v) is 2.60. The molecule has 1 aromatic carbocycles. The smallest absolute Gasteiger partial charge is 0.0731 e. The first-order valence-corrected chi connectivity index (χ1v) is 6.61. The maximum Gasteiger partial charge on any atom is 0.0731 e. The van der Waals surface area contributed by atoms with Crippen LogP contribution in [0.2, 0.25) is 5.02 Å². The number of thiophene rings is 1. The molecule has 1 N–H and O–H groups in total. The number of halogens is 1. The first kappa shape index (κ1) is 12.9. The van der Waals surface area contributed by atoms with Crippen LogP contribution in [0.5, 0.6) is 0 Å². The lowest BCUT2D eigenvalue weighted by Gasteiger charge is -2.10. The number of carboxylic acids is 1. The van der Waals surface area contributed by atoms with Crippen LogP contribution in [0.15, 0.2) is 29.6 Å². The number of rotatable bonds is 4. The summed E-state index contributed by atoms with van der Waals surface area (Å²) >= 11 is 7.43. The minimum atomic E-state index is -1.27. The van der Waals surface area contributed by atoms with Crippen LogP contribution in [-0.2, 0) is 6.54 Å². The van der Waals surface area contributed by atoms with Crippen molar-refractivity contribution in [3.05, 3.63) is 50.7 Å². The maximum atomic E-state index is 10.8. The molecular formula is C13H11ClNO2S-. The van der Waals surface area contributed by atoms with E-state index in [1.165, 1.54) is 16.5 Å². The van der Waals surface area contributed by atoms with Crippen molar-refractivity contribution in [2.24, 2.45) is 0 Å². The van der Waals surface area contributed by atoms with E-state index in [4.69, 9.17) is 11.6 Å². The molecule has 0 radical (unpaired) electrons. The van der Waals surface area contributed by atoms with Gasteiger partial charge in [-0.1, -0.05) is 11.6 Å². The summed E-state index contributed by atoms with van der Waals surface area (Å²) in [6.45, 7) is 2.71. The van der Waals surface area contributed by atoms with E-state index in [1.54, 1.807) is 23.5 Å². The van der Waals surface area contributed by atoms with E-state index in [9.17, 15) is 9.90 Å². The molecule has 2 rings (SSSR count). The summed E-state index contributed by atoms with van der Waals surface area (Å²) in [5, 5.41) is 16.2. The van der Waals surface area contributed by atoms with Crippen molar-refractivity contribution in [1.82, 2.24) is 0 Å². The van der Waals surface area contributed by atoms with Gasteiger partial charge in [0, 0.05) is 27.7 Å². The van der Waals surface area contributed by atoms with Crippen LogP contribution in [0, 0.1) is 6.92 Å². The number of aryl methyl sites for hydroxylation is 1. The number of hydrogen-bond acceptors (Lipinski definition) is 4. The fraction of sp³-hybridized carbons (Fsp3) is 0.154. The van der Waals surface area contributed by atoms with E-state index in [-0.39, 0.29) is 10.6 Å². The molecule has 0 bridgehead atoms. The van der Waals surface area contributed by atoms with Gasteiger partial charge in [-0.25, -0.2) is 0 Å². The molecule has 0 aliphatic rings. The molecule has 3 nitrogen and oxygen atoms in total. The van der Waals surface area contributed by atoms with Crippen LogP contribution in [0.1, 0.15) is 20.8 Å². The van der Waals surface area contributed by atoms with Gasteiger partial charge >= 0.3 is 0 Å². The molecule has 2 aromatic rings. The molecule has 0 unspecified atom stereocenters. The van der Waals surface area contributed by atoms with Gasteiger partial charge in [0.2, 0.25) is 0 Å². The molecule has 0 fully saturated rings. The normalized spacial score (nSPS) is 10.3. The van der Waals surface area contributed by atoms with Gasteiger partial charge in [-0.3, -0.25) is 0 Å². The van der Waals surface area contributed by atoms with E-state index in [1.807, 2.05) is 12.3 Å². The van der Waals surface area contributed by atoms with Crippen molar-refractivity contribution in [3.63, 3.8) is 0 Å². The molecule has 1 aromatic heterocycles. The van der Waals surface area contributed by atoms with E-state index in [2.05, 4.69) is 11.4 Å². The molecular weight excluding hydrogens is 270 g/mol. The SMILES string of the molecule is Cc1ccsc1CNc1ccc(Cl)c(C(=O)[O-])c1. The highest BCUT2D eigenvalue weighted by Gasteiger charge is 2.04. The summed E-state index contributed by atoms with van der Waals surface area (Å²) in [6.07, 6.45) is 0. The largest absolute Gasteiger partial charge is 0.545 e. The molecule has 0 aliphatic carbocycles. The molecule has 0 saturated heterocycles. The average molecular weight is 281 g/mol. The van der Waals surface area contributed by atoms with Crippen LogP contribution in [0.4, 0.5) is 5.69 Å². The zero-order valence-electron chi connectivity index (χ0n) is 9.70. The van der Waals surface area contributed by atoms with Crippen molar-refractivity contribution in [1.29, 1.82) is 0 Å². The van der Waals surface area contributed by atoms with Crippen molar-refractivity contribution in [2.45, 2.75) is 13.5 Å². The Morgan fingerprint density at radius 1 is 1.44 bits per heavy atom. The number of benzene rings is 1. The Balaban J connectivity index is 2.13. The summed E-state index contributed by atoms with van der Waals surface area (Å²) in [4.78, 5) is 12.1. The zero-order chi connectivity index (χ0) is 13.1. The first-order chi connectivity index (χ1) is 8.58. The predicted octanol–water partition coefficient (Wildman–Crippen LogP) is 2.69. The van der Waals surface area contributed by atoms with Gasteiger partial charge in [-0.15, -0.1) is 11.3 Å². The standard InChI is InChI=1S/C13H12ClNO2S/c1-8-4-5-18-12(8)7-15-9-2-3-11(14)10(6-9)13(16)17/h2-6,15H,7H2,1H3,(H,16,17)/p-1. The zero-order valence-corrected chi connectivity index (χ0v) is 11.3. The molecule has 1 heterocycles. The van der Waals surface area contributed by atoms with Gasteiger partial charge in [0.25, 0.3) is 0 Å². The highest BCUT2D eigenvalue weighted by Crippen LogP contribution is 2.22. The van der Waals surface area contributed by atoms with E-state index in [0.29, 0.717) is 12.2 Å². The third kappa shape index (κ3) is 2.83. The molecule has 0 atom stereocenters. The van der Waals surface area contributed by atoms with Gasteiger partial charge < -0.3 is 15.2 Å². The van der Waals surface area contributed by atoms with Crippen molar-refractivity contribution in [2.75, 3.05) is 5.32 Å². The quantitative estimate of drug-likeness (QED) is 0.937. The Morgan fingerprint density at radius 2 is 2.22 bits per heavy atom. The second-order valence-corrected chi connectivity index (χ2v) is 5.27. The Labute approximate surface area is 114 Å². The monoisotopic (exact) mass is 280 g/mol. The molecule has 0 aliphatic heterocycles. The van der Waals surface area contributed by atoms with E-state index >= 15 is 0 Å². The maximum absolute atomic E-state index is 10.8. The van der Waals surface area contributed by atoms with Crippen LogP contribution >= 0.6 is 22.9 Å². The first-order valence-electron chi connectivity index (χ1n) is 5.35. The second-order valence-electron chi connectivity index (χ2n) is 3.86. The van der Waals surface area contributed by atoms with Gasteiger partial charge in [-0.2, -0.15) is 0 Å². The molecule has 0 amide bonds. The molecule has 0 spiro atoms. The van der Waals surface area contributed by atoms with Crippen molar-refractivity contribution >= 4 is 34.6 Å². The number of hydrogen-bond donors (Lipinski definition) is 1. The Kier molecular flexibility index (Phi) is 3.89. The topological polar surface area (TPSA) is 52.2 Å². The summed E-state index contributed by atoms with van der Waals surface area (Å²) in [7, 11) is 0. The molecule has 5 heteroatoms. The lowest BCUT2D eigenvalue weighted by molar-refractivity contribution is -0.255. The third-order valence-corrected chi connectivity index (χ3v) is 3.96. The number of anilines is 1. The van der Waals surface area contributed by atoms with Crippen LogP contribution < -0.4 is 10.4 Å². The number of carbonyl (C=O) groups is 1. The molecule has 18 heavy (non-hydrogen) atoms. The highest BCUT2D eigenvalue weighted by molar-refractivity contribution is 7.10. The van der Waals surface area contributed by atoms with Gasteiger partial charge in [-0.05, 0) is 42.1 Å². The summed E-state index contributed by atoms with van der Waals surface area (Å²) in [5.74, 6) is -1.27. The van der Waals surface area contributed by atoms with E-state index < -0.39 is 5.97 Å². The van der Waals surface area contributed by atoms with Gasteiger partial charge in [0.1, 0.15) is 0 Å². The van der Waals surface area contributed by atoms with Gasteiger partial charge in [0.05, 0.1) is 5.97 Å². The number of nitrogens with one attached hydrogen (secondary N) is 1. The number of carboxylic acid groups (broad SMARTS) is 1. The third-order valence-electron chi connectivity index (χ3n) is 2.61. The summed E-state index contributed by atoms with van der Waals surface area (Å²) in [5.41, 5.74) is 1.94. The highest BCUT2D eigenvalue weighted by atomic mass is 35.5. The lowest BCUT2D eigenvalue weighted by atomic mass is 10.2. The van der Waals surface area contributed by atoms with Crippen molar-refractivity contribution < 1.29 is 9.90 Å². The van der Waals surface area contributed by atoms with Crippen LogP contribution in [-0.4, -0.2) is 5.97 Å². The minimum Gasteiger partial charge on any atom is -0.545 e. The van der Waals surface area contributed by atoms with Gasteiger partial charge in [0.15, 0.2) is 0 Å². The molecule has 0 saturated carbocycles. The van der Waals surface area contributed by atoms with Crippen molar-refractivity contribution in [3.8, 4) is 0 Å². The van der Waals surface area contributed by atoms with E-state index in [0.717, 1.165) is 0 Å². The van der Waals surface area contributed by atoms with Crippen LogP contribution in [0.25, 0.3) is 0 Å². The predicted molar refractivity (Wildman–Crippen MR) is 72.2 cm³/mol. The lowest BCUT2D eigenvalue weighted by Crippen LogP contribution is -2.22. The average Bonchev–Trinajstić information content (AvgIpc) is 2.73. The Morgan fingerprint density at radius 3 is 2.83 bits per heavy atom. The summed E-state index contributed by atoms with van der Waals surface area (Å²) < 4.78 is 0. The second kappa shape index (κ2) is 5.42. The molecule has 94 valence electrons. The summed E-state index contributed by atoms with van der Waals surface area (Å²) in [6, 6.07) is 6.84. The Bertz CT molecular complexity index is 580. The minimum absolute atomic E-state index is 0.00423. The van der Waals surface area contributed by atoms with Crippen LogP contribution in [0.3, 0.4) is 0 Å². The number of aromatic carboxylic acids is 1. The fourth-order valence-electron chi connectivity index (χ4n) is 1.56.